The summed E-state index contributed by atoms with van der Waals surface area (Å²) in [5.74, 6) is -0.200. The molecule has 0 aliphatic carbocycles. The van der Waals surface area contributed by atoms with Crippen molar-refractivity contribution in [3.63, 3.8) is 0 Å². The highest BCUT2D eigenvalue weighted by molar-refractivity contribution is 6.00. The van der Waals surface area contributed by atoms with Gasteiger partial charge in [-0.25, -0.2) is 5.43 Å². The molecule has 1 N–H and O–H groups in total. The van der Waals surface area contributed by atoms with Crippen LogP contribution in [0.5, 0.6) is 0 Å². The SMILES string of the molecule is CC(=NNC(=O)c1ccc(CN2CCOCC2)cc1)c1ccc(C)cc1. The van der Waals surface area contributed by atoms with E-state index < -0.39 is 0 Å². The molecule has 1 fully saturated rings. The third-order valence-electron chi connectivity index (χ3n) is 4.52. The molecule has 0 aromatic heterocycles. The first-order valence-corrected chi connectivity index (χ1v) is 8.92. The topological polar surface area (TPSA) is 53.9 Å². The number of morpholine rings is 1. The first-order chi connectivity index (χ1) is 12.6. The molecule has 2 aromatic rings. The highest BCUT2D eigenvalue weighted by Gasteiger charge is 2.11. The van der Waals surface area contributed by atoms with E-state index in [1.54, 1.807) is 0 Å². The van der Waals surface area contributed by atoms with Crippen LogP contribution in [-0.2, 0) is 11.3 Å². The Labute approximate surface area is 154 Å². The number of carbonyl (C=O) groups excluding carboxylic acids is 1. The number of amides is 1. The van der Waals surface area contributed by atoms with Crippen LogP contribution in [0.15, 0.2) is 53.6 Å². The molecule has 1 heterocycles. The fourth-order valence-corrected chi connectivity index (χ4v) is 2.84. The summed E-state index contributed by atoms with van der Waals surface area (Å²) in [7, 11) is 0. The van der Waals surface area contributed by atoms with Crippen molar-refractivity contribution in [2.75, 3.05) is 26.3 Å². The number of hydrazone groups is 1. The molecule has 0 spiro atoms. The normalized spacial score (nSPS) is 15.7. The zero-order chi connectivity index (χ0) is 18.4. The second kappa shape index (κ2) is 8.74. The standard InChI is InChI=1S/C21H25N3O2/c1-16-3-7-19(8-4-16)17(2)22-23-21(25)20-9-5-18(6-10-20)15-24-11-13-26-14-12-24/h3-10H,11-15H2,1-2H3,(H,23,25). The van der Waals surface area contributed by atoms with Crippen LogP contribution < -0.4 is 5.43 Å². The summed E-state index contributed by atoms with van der Waals surface area (Å²) in [6.07, 6.45) is 0. The zero-order valence-electron chi connectivity index (χ0n) is 15.4. The van der Waals surface area contributed by atoms with Crippen molar-refractivity contribution in [1.82, 2.24) is 10.3 Å². The Bertz CT molecular complexity index is 761. The fraction of sp³-hybridized carbons (Fsp3) is 0.333. The fourth-order valence-electron chi connectivity index (χ4n) is 2.84. The highest BCUT2D eigenvalue weighted by Crippen LogP contribution is 2.10. The number of ether oxygens (including phenoxy) is 1. The third kappa shape index (κ3) is 5.00. The lowest BCUT2D eigenvalue weighted by Crippen LogP contribution is -2.35. The van der Waals surface area contributed by atoms with E-state index in [-0.39, 0.29) is 5.91 Å². The molecule has 1 amide bonds. The molecule has 1 saturated heterocycles. The van der Waals surface area contributed by atoms with Gasteiger partial charge in [-0.05, 0) is 37.1 Å². The van der Waals surface area contributed by atoms with Crippen LogP contribution in [0, 0.1) is 6.92 Å². The van der Waals surface area contributed by atoms with Crippen molar-refractivity contribution in [2.45, 2.75) is 20.4 Å². The lowest BCUT2D eigenvalue weighted by molar-refractivity contribution is 0.0342. The Morgan fingerprint density at radius 3 is 2.31 bits per heavy atom. The average molecular weight is 351 g/mol. The summed E-state index contributed by atoms with van der Waals surface area (Å²) in [4.78, 5) is 14.6. The van der Waals surface area contributed by atoms with E-state index >= 15 is 0 Å². The van der Waals surface area contributed by atoms with Crippen LogP contribution in [0.1, 0.15) is 34.0 Å². The number of hydrogen-bond donors (Lipinski definition) is 1. The predicted molar refractivity (Wildman–Crippen MR) is 103 cm³/mol. The molecule has 0 radical (unpaired) electrons. The van der Waals surface area contributed by atoms with Crippen molar-refractivity contribution < 1.29 is 9.53 Å². The van der Waals surface area contributed by atoms with Gasteiger partial charge in [0, 0.05) is 25.2 Å². The Morgan fingerprint density at radius 1 is 1.04 bits per heavy atom. The Morgan fingerprint density at radius 2 is 1.65 bits per heavy atom. The van der Waals surface area contributed by atoms with Gasteiger partial charge in [0.2, 0.25) is 0 Å². The van der Waals surface area contributed by atoms with E-state index in [0.717, 1.165) is 44.1 Å². The predicted octanol–water partition coefficient (Wildman–Crippen LogP) is 2.98. The number of rotatable bonds is 5. The number of benzene rings is 2. The maximum atomic E-state index is 12.3. The van der Waals surface area contributed by atoms with E-state index in [9.17, 15) is 4.79 Å². The van der Waals surface area contributed by atoms with Gasteiger partial charge in [-0.2, -0.15) is 5.10 Å². The van der Waals surface area contributed by atoms with Crippen LogP contribution in [0.4, 0.5) is 0 Å². The van der Waals surface area contributed by atoms with E-state index in [2.05, 4.69) is 15.4 Å². The Kier molecular flexibility index (Phi) is 6.15. The second-order valence-electron chi connectivity index (χ2n) is 6.59. The number of nitrogens with one attached hydrogen (secondary N) is 1. The average Bonchev–Trinajstić information content (AvgIpc) is 2.68. The molecule has 2 aromatic carbocycles. The number of nitrogens with zero attached hydrogens (tertiary/aromatic N) is 2. The summed E-state index contributed by atoms with van der Waals surface area (Å²) in [5, 5.41) is 4.21. The quantitative estimate of drug-likeness (QED) is 0.666. The van der Waals surface area contributed by atoms with Crippen LogP contribution in [0.3, 0.4) is 0 Å². The molecule has 0 bridgehead atoms. The van der Waals surface area contributed by atoms with Gasteiger partial charge >= 0.3 is 0 Å². The zero-order valence-corrected chi connectivity index (χ0v) is 15.4. The maximum Gasteiger partial charge on any atom is 0.271 e. The van der Waals surface area contributed by atoms with Crippen molar-refractivity contribution in [3.05, 3.63) is 70.8 Å². The lowest BCUT2D eigenvalue weighted by atomic mass is 10.1. The van der Waals surface area contributed by atoms with Gasteiger partial charge in [0.15, 0.2) is 0 Å². The first-order valence-electron chi connectivity index (χ1n) is 8.92. The molecule has 0 atom stereocenters. The summed E-state index contributed by atoms with van der Waals surface area (Å²) in [6.45, 7) is 8.30. The van der Waals surface area contributed by atoms with Crippen molar-refractivity contribution in [3.8, 4) is 0 Å². The van der Waals surface area contributed by atoms with Gasteiger partial charge in [-0.15, -0.1) is 0 Å². The van der Waals surface area contributed by atoms with Crippen LogP contribution in [0.25, 0.3) is 0 Å². The summed E-state index contributed by atoms with van der Waals surface area (Å²) in [5.41, 5.74) is 7.41. The number of hydrogen-bond acceptors (Lipinski definition) is 4. The third-order valence-corrected chi connectivity index (χ3v) is 4.52. The molecular weight excluding hydrogens is 326 g/mol. The molecule has 5 heteroatoms. The molecule has 1 aliphatic heterocycles. The van der Waals surface area contributed by atoms with Gasteiger partial charge in [-0.3, -0.25) is 9.69 Å². The van der Waals surface area contributed by atoms with E-state index in [1.165, 1.54) is 11.1 Å². The lowest BCUT2D eigenvalue weighted by Gasteiger charge is -2.26. The summed E-state index contributed by atoms with van der Waals surface area (Å²) < 4.78 is 5.36. The van der Waals surface area contributed by atoms with Crippen LogP contribution in [0.2, 0.25) is 0 Å². The van der Waals surface area contributed by atoms with Crippen LogP contribution in [-0.4, -0.2) is 42.8 Å². The van der Waals surface area contributed by atoms with Crippen LogP contribution >= 0.6 is 0 Å². The Hall–Kier alpha value is -2.50. The van der Waals surface area contributed by atoms with Crippen molar-refractivity contribution in [1.29, 1.82) is 0 Å². The molecule has 0 unspecified atom stereocenters. The molecule has 136 valence electrons. The van der Waals surface area contributed by atoms with Gasteiger partial charge in [0.25, 0.3) is 5.91 Å². The summed E-state index contributed by atoms with van der Waals surface area (Å²) in [6, 6.07) is 15.8. The number of carbonyl (C=O) groups is 1. The van der Waals surface area contributed by atoms with Gasteiger partial charge in [0.05, 0.1) is 18.9 Å². The van der Waals surface area contributed by atoms with E-state index in [0.29, 0.717) is 5.56 Å². The minimum atomic E-state index is -0.200. The van der Waals surface area contributed by atoms with Crippen molar-refractivity contribution in [2.24, 2.45) is 5.10 Å². The van der Waals surface area contributed by atoms with Gasteiger partial charge in [-0.1, -0.05) is 42.0 Å². The monoisotopic (exact) mass is 351 g/mol. The molecule has 3 rings (SSSR count). The molecule has 5 nitrogen and oxygen atoms in total. The summed E-state index contributed by atoms with van der Waals surface area (Å²) >= 11 is 0. The van der Waals surface area contributed by atoms with Crippen molar-refractivity contribution >= 4 is 11.6 Å². The molecular formula is C21H25N3O2. The van der Waals surface area contributed by atoms with E-state index in [1.807, 2.05) is 62.4 Å². The molecule has 26 heavy (non-hydrogen) atoms. The van der Waals surface area contributed by atoms with Gasteiger partial charge in [0.1, 0.15) is 0 Å². The minimum absolute atomic E-state index is 0.200. The van der Waals surface area contributed by atoms with E-state index in [4.69, 9.17) is 4.74 Å². The molecule has 0 saturated carbocycles. The smallest absolute Gasteiger partial charge is 0.271 e. The maximum absolute atomic E-state index is 12.3. The largest absolute Gasteiger partial charge is 0.379 e. The highest BCUT2D eigenvalue weighted by atomic mass is 16.5. The Balaban J connectivity index is 1.57. The number of aryl methyl sites for hydroxylation is 1. The van der Waals surface area contributed by atoms with Gasteiger partial charge < -0.3 is 4.74 Å². The first kappa shape index (κ1) is 18.3. The minimum Gasteiger partial charge on any atom is -0.379 e. The second-order valence-corrected chi connectivity index (χ2v) is 6.59. The molecule has 1 aliphatic rings.